The number of hydrogen-bond acceptors (Lipinski definition) is 5. The largest absolute Gasteiger partial charge is 0.451 e. The van der Waals surface area contributed by atoms with E-state index in [2.05, 4.69) is 16.6 Å². The summed E-state index contributed by atoms with van der Waals surface area (Å²) in [5, 5.41) is 6.82. The Morgan fingerprint density at radius 1 is 0.868 bits per heavy atom. The van der Waals surface area contributed by atoms with Gasteiger partial charge in [-0.15, -0.1) is 6.42 Å². The summed E-state index contributed by atoms with van der Waals surface area (Å²) in [6.45, 7) is 0.978. The van der Waals surface area contributed by atoms with Crippen molar-refractivity contribution in [2.24, 2.45) is 5.92 Å². The second-order valence-electron chi connectivity index (χ2n) is 10.8. The topological polar surface area (TPSA) is 97.6 Å². The van der Waals surface area contributed by atoms with E-state index in [-0.39, 0.29) is 23.4 Å². The normalized spacial score (nSPS) is 19.7. The lowest BCUT2D eigenvalue weighted by Gasteiger charge is -2.37. The zero-order valence-electron chi connectivity index (χ0n) is 21.2. The molecule has 2 saturated carbocycles. The Kier molecular flexibility index (Phi) is 6.08. The Balaban J connectivity index is 1.20. The van der Waals surface area contributed by atoms with Crippen molar-refractivity contribution in [2.75, 3.05) is 13.2 Å². The van der Waals surface area contributed by atoms with Crippen molar-refractivity contribution in [3.8, 4) is 23.5 Å². The number of terminal acetylenes is 1. The first-order valence-electron chi connectivity index (χ1n) is 13.3. The quantitative estimate of drug-likeness (QED) is 0.356. The van der Waals surface area contributed by atoms with Crippen LogP contribution in [0, 0.1) is 18.3 Å². The van der Waals surface area contributed by atoms with Crippen LogP contribution in [0.2, 0.25) is 0 Å². The molecule has 2 amide bonds. The number of nitrogens with one attached hydrogen (secondary N) is 2. The van der Waals surface area contributed by atoms with Crippen LogP contribution in [0.5, 0.6) is 0 Å². The number of ether oxygens (including phenoxy) is 1. The minimum atomic E-state index is -0.989. The van der Waals surface area contributed by atoms with Gasteiger partial charge in [-0.2, -0.15) is 0 Å². The third kappa shape index (κ3) is 4.50. The second-order valence-corrected chi connectivity index (χ2v) is 10.8. The van der Waals surface area contributed by atoms with Gasteiger partial charge in [0.05, 0.1) is 19.1 Å². The molecule has 0 radical (unpaired) electrons. The molecule has 3 aromatic rings. The fraction of sp³-hybridized carbons (Fsp3) is 0.387. The van der Waals surface area contributed by atoms with Crippen molar-refractivity contribution in [3.63, 3.8) is 0 Å². The van der Waals surface area contributed by atoms with E-state index in [1.807, 2.05) is 42.5 Å². The number of rotatable bonds is 7. The molecule has 0 spiro atoms. The summed E-state index contributed by atoms with van der Waals surface area (Å²) < 4.78 is 11.1. The van der Waals surface area contributed by atoms with E-state index in [9.17, 15) is 14.4 Å². The minimum Gasteiger partial charge on any atom is -0.451 e. The fourth-order valence-corrected chi connectivity index (χ4v) is 5.38. The number of furan rings is 1. The molecule has 0 unspecified atom stereocenters. The molecule has 1 aromatic heterocycles. The predicted molar refractivity (Wildman–Crippen MR) is 143 cm³/mol. The molecular formula is C31H30N2O5. The highest BCUT2D eigenvalue weighted by Gasteiger charge is 2.48. The van der Waals surface area contributed by atoms with Gasteiger partial charge in [0.25, 0.3) is 5.91 Å². The highest BCUT2D eigenvalue weighted by atomic mass is 16.5. The maximum Gasteiger partial charge on any atom is 0.287 e. The third-order valence-corrected chi connectivity index (χ3v) is 8.13. The van der Waals surface area contributed by atoms with Crippen LogP contribution in [0.3, 0.4) is 0 Å². The van der Waals surface area contributed by atoms with Gasteiger partial charge in [0, 0.05) is 10.9 Å². The smallest absolute Gasteiger partial charge is 0.287 e. The summed E-state index contributed by atoms with van der Waals surface area (Å²) in [5.41, 5.74) is 1.55. The first-order chi connectivity index (χ1) is 18.4. The minimum absolute atomic E-state index is 0.0455. The molecular weight excluding hydrogens is 480 g/mol. The molecule has 7 nitrogen and oxygen atoms in total. The van der Waals surface area contributed by atoms with Gasteiger partial charge in [0.2, 0.25) is 5.91 Å². The number of carbonyl (C=O) groups is 3. The maximum atomic E-state index is 13.3. The van der Waals surface area contributed by atoms with E-state index in [1.54, 1.807) is 6.07 Å². The highest BCUT2D eigenvalue weighted by Crippen LogP contribution is 2.37. The van der Waals surface area contributed by atoms with Gasteiger partial charge < -0.3 is 19.8 Å². The fourth-order valence-electron chi connectivity index (χ4n) is 5.38. The third-order valence-electron chi connectivity index (χ3n) is 8.13. The van der Waals surface area contributed by atoms with Crippen LogP contribution in [0.15, 0.2) is 52.9 Å². The van der Waals surface area contributed by atoms with Crippen molar-refractivity contribution in [1.82, 2.24) is 10.6 Å². The van der Waals surface area contributed by atoms with Crippen LogP contribution >= 0.6 is 0 Å². The predicted octanol–water partition coefficient (Wildman–Crippen LogP) is 4.64. The molecule has 7 heteroatoms. The van der Waals surface area contributed by atoms with E-state index in [0.717, 1.165) is 48.6 Å². The average molecular weight is 511 g/mol. The molecule has 6 rings (SSSR count). The number of carbonyl (C=O) groups excluding carboxylic acids is 3. The van der Waals surface area contributed by atoms with Crippen molar-refractivity contribution in [2.45, 2.75) is 56.0 Å². The molecule has 1 aliphatic heterocycles. The summed E-state index contributed by atoms with van der Waals surface area (Å²) in [7, 11) is 0. The number of ketones is 1. The number of fused-ring (bicyclic) bond motifs is 1. The molecule has 2 aliphatic carbocycles. The molecule has 2 N–H and O–H groups in total. The van der Waals surface area contributed by atoms with Gasteiger partial charge >= 0.3 is 0 Å². The van der Waals surface area contributed by atoms with Gasteiger partial charge in [-0.3, -0.25) is 14.4 Å². The Morgan fingerprint density at radius 3 is 2.21 bits per heavy atom. The van der Waals surface area contributed by atoms with Gasteiger partial charge in [0.1, 0.15) is 16.7 Å². The van der Waals surface area contributed by atoms with Gasteiger partial charge in [-0.1, -0.05) is 61.6 Å². The molecule has 3 fully saturated rings. The molecule has 0 bridgehead atoms. The van der Waals surface area contributed by atoms with Crippen LogP contribution < -0.4 is 10.6 Å². The highest BCUT2D eigenvalue weighted by molar-refractivity contribution is 6.01. The molecule has 2 heterocycles. The number of amides is 2. The van der Waals surface area contributed by atoms with Crippen LogP contribution in [-0.2, 0) is 9.53 Å². The molecule has 1 saturated heterocycles. The van der Waals surface area contributed by atoms with Gasteiger partial charge in [-0.25, -0.2) is 0 Å². The maximum absolute atomic E-state index is 13.3. The molecule has 0 atom stereocenters. The standard InChI is InChI=1S/C31H30N2O5/c1-2-30(14-15-30)33-29(36)31(12-4-3-5-13-31)32-28(35)26-17-23-11-10-22(16-25(23)38-26)20-6-8-21(9-7-20)27(34)24-18-37-19-24/h1,6-11,16-17,24H,3-5,12-15,18-19H2,(H,32,35)(H,33,36). The Morgan fingerprint density at radius 2 is 1.58 bits per heavy atom. The second kappa shape index (κ2) is 9.45. The summed E-state index contributed by atoms with van der Waals surface area (Å²) in [4.78, 5) is 39.1. The summed E-state index contributed by atoms with van der Waals surface area (Å²) in [6.07, 6.45) is 11.1. The van der Waals surface area contributed by atoms with E-state index in [1.165, 1.54) is 0 Å². The van der Waals surface area contributed by atoms with Crippen molar-refractivity contribution in [1.29, 1.82) is 0 Å². The molecule has 3 aliphatic rings. The number of hydrogen-bond donors (Lipinski definition) is 2. The van der Waals surface area contributed by atoms with Crippen molar-refractivity contribution >= 4 is 28.6 Å². The zero-order chi connectivity index (χ0) is 26.3. The Bertz CT molecular complexity index is 1450. The van der Waals surface area contributed by atoms with E-state index >= 15 is 0 Å². The first kappa shape index (κ1) is 24.4. The SMILES string of the molecule is C#CC1(NC(=O)C2(NC(=O)c3cc4ccc(-c5ccc(C(=O)C6COC6)cc5)cc4o3)CCCCC2)CC1. The molecule has 2 aromatic carbocycles. The lowest BCUT2D eigenvalue weighted by Crippen LogP contribution is -2.61. The molecule has 38 heavy (non-hydrogen) atoms. The van der Waals surface area contributed by atoms with Gasteiger partial charge in [-0.05, 0) is 48.9 Å². The summed E-state index contributed by atoms with van der Waals surface area (Å²) in [6, 6.07) is 15.0. The summed E-state index contributed by atoms with van der Waals surface area (Å²) in [5.74, 6) is 2.31. The number of Topliss-reactive ketones (excluding diaryl/α,β-unsaturated/α-hetero) is 1. The molecule has 194 valence electrons. The van der Waals surface area contributed by atoms with E-state index in [0.29, 0.717) is 37.2 Å². The van der Waals surface area contributed by atoms with Gasteiger partial charge in [0.15, 0.2) is 11.5 Å². The van der Waals surface area contributed by atoms with Crippen molar-refractivity contribution < 1.29 is 23.5 Å². The lowest BCUT2D eigenvalue weighted by molar-refractivity contribution is -0.129. The lowest BCUT2D eigenvalue weighted by atomic mass is 9.80. The van der Waals surface area contributed by atoms with E-state index < -0.39 is 17.0 Å². The summed E-state index contributed by atoms with van der Waals surface area (Å²) >= 11 is 0. The monoisotopic (exact) mass is 510 g/mol. The van der Waals surface area contributed by atoms with Crippen LogP contribution in [0.4, 0.5) is 0 Å². The first-order valence-corrected chi connectivity index (χ1v) is 13.3. The Labute approximate surface area is 221 Å². The average Bonchev–Trinajstić information content (AvgIpc) is 3.55. The van der Waals surface area contributed by atoms with Crippen LogP contribution in [0.25, 0.3) is 22.1 Å². The van der Waals surface area contributed by atoms with Crippen LogP contribution in [-0.4, -0.2) is 41.9 Å². The zero-order valence-corrected chi connectivity index (χ0v) is 21.2. The Hall–Kier alpha value is -3.89. The number of benzene rings is 2. The van der Waals surface area contributed by atoms with E-state index in [4.69, 9.17) is 15.6 Å². The van der Waals surface area contributed by atoms with Crippen molar-refractivity contribution in [3.05, 3.63) is 59.9 Å². The van der Waals surface area contributed by atoms with Crippen LogP contribution in [0.1, 0.15) is 65.9 Å².